The quantitative estimate of drug-likeness (QED) is 0.827. The zero-order valence-corrected chi connectivity index (χ0v) is 12.2. The summed E-state index contributed by atoms with van der Waals surface area (Å²) < 4.78 is 5.22. The van der Waals surface area contributed by atoms with Crippen LogP contribution in [-0.2, 0) is 9.53 Å². The van der Waals surface area contributed by atoms with Crippen LogP contribution < -0.4 is 5.32 Å². The summed E-state index contributed by atoms with van der Waals surface area (Å²) >= 11 is 0. The summed E-state index contributed by atoms with van der Waals surface area (Å²) in [4.78, 5) is 22.7. The zero-order valence-electron chi connectivity index (χ0n) is 12.2. The minimum atomic E-state index is -0.761. The number of alkyl carbamates (subject to hydrolysis) is 1. The van der Waals surface area contributed by atoms with E-state index in [-0.39, 0.29) is 17.9 Å². The van der Waals surface area contributed by atoms with Crippen LogP contribution >= 0.6 is 0 Å². The topological polar surface area (TPSA) is 75.6 Å². The van der Waals surface area contributed by atoms with E-state index in [4.69, 9.17) is 9.84 Å². The van der Waals surface area contributed by atoms with Crippen molar-refractivity contribution in [1.82, 2.24) is 5.32 Å². The summed E-state index contributed by atoms with van der Waals surface area (Å²) in [5.41, 5.74) is -0.507. The Hall–Kier alpha value is -1.26. The lowest BCUT2D eigenvalue weighted by atomic mass is 9.78. The van der Waals surface area contributed by atoms with Gasteiger partial charge in [0.05, 0.1) is 5.92 Å². The van der Waals surface area contributed by atoms with Crippen molar-refractivity contribution in [3.05, 3.63) is 0 Å². The fraction of sp³-hybridized carbons (Fsp3) is 0.857. The zero-order chi connectivity index (χ0) is 14.6. The van der Waals surface area contributed by atoms with Crippen LogP contribution in [0.5, 0.6) is 0 Å². The maximum Gasteiger partial charge on any atom is 0.407 e. The lowest BCUT2D eigenvalue weighted by Gasteiger charge is -2.32. The molecule has 0 saturated heterocycles. The Morgan fingerprint density at radius 1 is 1.32 bits per heavy atom. The van der Waals surface area contributed by atoms with Crippen molar-refractivity contribution in [3.8, 4) is 0 Å². The Bertz CT molecular complexity index is 335. The van der Waals surface area contributed by atoms with E-state index in [2.05, 4.69) is 5.32 Å². The molecule has 19 heavy (non-hydrogen) atoms. The lowest BCUT2D eigenvalue weighted by molar-refractivity contribution is -0.143. The van der Waals surface area contributed by atoms with Crippen molar-refractivity contribution in [2.75, 3.05) is 0 Å². The van der Waals surface area contributed by atoms with Crippen LogP contribution in [0.25, 0.3) is 0 Å². The van der Waals surface area contributed by atoms with Gasteiger partial charge in [0.15, 0.2) is 0 Å². The number of carbonyl (C=O) groups excluding carboxylic acids is 1. The second-order valence-corrected chi connectivity index (χ2v) is 6.40. The molecule has 0 aromatic carbocycles. The molecule has 0 aromatic rings. The molecule has 1 aliphatic carbocycles. The molecule has 0 aliphatic heterocycles. The van der Waals surface area contributed by atoms with Gasteiger partial charge in [0, 0.05) is 6.04 Å². The van der Waals surface area contributed by atoms with Crippen LogP contribution in [0.4, 0.5) is 4.79 Å². The highest BCUT2D eigenvalue weighted by atomic mass is 16.6. The highest BCUT2D eigenvalue weighted by molar-refractivity contribution is 5.70. The third-order valence-electron chi connectivity index (χ3n) is 3.53. The van der Waals surface area contributed by atoms with Crippen LogP contribution in [0.15, 0.2) is 0 Å². The number of carboxylic acid groups (broad SMARTS) is 1. The van der Waals surface area contributed by atoms with E-state index in [0.29, 0.717) is 6.42 Å². The van der Waals surface area contributed by atoms with E-state index in [1.165, 1.54) is 0 Å². The van der Waals surface area contributed by atoms with Crippen molar-refractivity contribution in [1.29, 1.82) is 0 Å². The number of carboxylic acids is 1. The van der Waals surface area contributed by atoms with E-state index in [9.17, 15) is 9.59 Å². The molecule has 110 valence electrons. The van der Waals surface area contributed by atoms with Crippen molar-refractivity contribution in [3.63, 3.8) is 0 Å². The van der Waals surface area contributed by atoms with E-state index in [0.717, 1.165) is 19.3 Å². The fourth-order valence-electron chi connectivity index (χ4n) is 2.49. The number of aliphatic carboxylic acids is 1. The smallest absolute Gasteiger partial charge is 0.407 e. The van der Waals surface area contributed by atoms with Crippen LogP contribution in [-0.4, -0.2) is 28.8 Å². The highest BCUT2D eigenvalue weighted by Gasteiger charge is 2.31. The molecule has 0 spiro atoms. The molecule has 2 N–H and O–H groups in total. The number of nitrogens with one attached hydrogen (secondary N) is 1. The highest BCUT2D eigenvalue weighted by Crippen LogP contribution is 2.30. The van der Waals surface area contributed by atoms with Crippen molar-refractivity contribution in [2.45, 2.75) is 65.0 Å². The molecule has 5 heteroatoms. The maximum absolute atomic E-state index is 11.7. The van der Waals surface area contributed by atoms with Gasteiger partial charge in [0.1, 0.15) is 5.60 Å². The SMILES string of the molecule is CC(C(=O)O)C1CCCC(NC(=O)OC(C)(C)C)C1. The van der Waals surface area contributed by atoms with Gasteiger partial charge in [0.2, 0.25) is 0 Å². The molecule has 3 unspecified atom stereocenters. The third-order valence-corrected chi connectivity index (χ3v) is 3.53. The van der Waals surface area contributed by atoms with Crippen molar-refractivity contribution < 1.29 is 19.4 Å². The van der Waals surface area contributed by atoms with Crippen LogP contribution in [0.2, 0.25) is 0 Å². The average molecular weight is 271 g/mol. The Morgan fingerprint density at radius 2 is 1.95 bits per heavy atom. The van der Waals surface area contributed by atoms with Crippen LogP contribution in [0.1, 0.15) is 53.4 Å². The number of rotatable bonds is 3. The van der Waals surface area contributed by atoms with E-state index in [1.807, 2.05) is 20.8 Å². The molecule has 0 radical (unpaired) electrons. The number of carbonyl (C=O) groups is 2. The molecule has 5 nitrogen and oxygen atoms in total. The first kappa shape index (κ1) is 15.8. The summed E-state index contributed by atoms with van der Waals surface area (Å²) in [7, 11) is 0. The Labute approximate surface area is 114 Å². The fourth-order valence-corrected chi connectivity index (χ4v) is 2.49. The number of hydrogen-bond donors (Lipinski definition) is 2. The number of hydrogen-bond acceptors (Lipinski definition) is 3. The van der Waals surface area contributed by atoms with Gasteiger partial charge in [-0.1, -0.05) is 13.3 Å². The van der Waals surface area contributed by atoms with Crippen LogP contribution in [0, 0.1) is 11.8 Å². The molecular weight excluding hydrogens is 246 g/mol. The standard InChI is InChI=1S/C14H25NO4/c1-9(12(16)17)10-6-5-7-11(8-10)15-13(18)19-14(2,3)4/h9-11H,5-8H2,1-4H3,(H,15,18)(H,16,17). The van der Waals surface area contributed by atoms with Crippen molar-refractivity contribution >= 4 is 12.1 Å². The molecular formula is C14H25NO4. The van der Waals surface area contributed by atoms with Gasteiger partial charge in [-0.15, -0.1) is 0 Å². The first-order valence-corrected chi connectivity index (χ1v) is 6.91. The van der Waals surface area contributed by atoms with Gasteiger partial charge < -0.3 is 15.2 Å². The first-order valence-electron chi connectivity index (χ1n) is 6.91. The molecule has 1 amide bonds. The summed E-state index contributed by atoms with van der Waals surface area (Å²) in [6, 6.07) is 0.0235. The summed E-state index contributed by atoms with van der Waals surface area (Å²) in [6.45, 7) is 7.21. The minimum Gasteiger partial charge on any atom is -0.481 e. The van der Waals surface area contributed by atoms with Gasteiger partial charge >= 0.3 is 12.1 Å². The van der Waals surface area contributed by atoms with Gasteiger partial charge in [-0.05, 0) is 46.0 Å². The van der Waals surface area contributed by atoms with E-state index >= 15 is 0 Å². The monoisotopic (exact) mass is 271 g/mol. The number of amides is 1. The summed E-state index contributed by atoms with van der Waals surface area (Å²) in [6.07, 6.45) is 3.05. The molecule has 1 rings (SSSR count). The van der Waals surface area contributed by atoms with Gasteiger partial charge in [0.25, 0.3) is 0 Å². The lowest BCUT2D eigenvalue weighted by Crippen LogP contribution is -2.42. The Balaban J connectivity index is 2.47. The van der Waals surface area contributed by atoms with E-state index in [1.54, 1.807) is 6.92 Å². The number of ether oxygens (including phenoxy) is 1. The summed E-state index contributed by atoms with van der Waals surface area (Å²) in [5.74, 6) is -0.989. The molecule has 1 fully saturated rings. The third kappa shape index (κ3) is 5.49. The Kier molecular flexibility index (Phi) is 5.20. The summed E-state index contributed by atoms with van der Waals surface area (Å²) in [5, 5.41) is 11.9. The predicted octanol–water partition coefficient (Wildman–Crippen LogP) is 2.79. The van der Waals surface area contributed by atoms with Gasteiger partial charge in [-0.3, -0.25) is 4.79 Å². The maximum atomic E-state index is 11.7. The average Bonchev–Trinajstić information content (AvgIpc) is 2.25. The van der Waals surface area contributed by atoms with Gasteiger partial charge in [-0.2, -0.15) is 0 Å². The molecule has 3 atom stereocenters. The second kappa shape index (κ2) is 6.26. The minimum absolute atomic E-state index is 0.0235. The molecule has 1 aliphatic rings. The van der Waals surface area contributed by atoms with Crippen molar-refractivity contribution in [2.24, 2.45) is 11.8 Å². The van der Waals surface area contributed by atoms with E-state index < -0.39 is 17.7 Å². The molecule has 0 heterocycles. The molecule has 0 bridgehead atoms. The normalized spacial score (nSPS) is 25.5. The molecule has 0 aromatic heterocycles. The second-order valence-electron chi connectivity index (χ2n) is 6.40. The largest absolute Gasteiger partial charge is 0.481 e. The van der Waals surface area contributed by atoms with Gasteiger partial charge in [-0.25, -0.2) is 4.79 Å². The van der Waals surface area contributed by atoms with Crippen LogP contribution in [0.3, 0.4) is 0 Å². The molecule has 1 saturated carbocycles. The first-order chi connectivity index (χ1) is 8.69. The Morgan fingerprint density at radius 3 is 2.47 bits per heavy atom. The predicted molar refractivity (Wildman–Crippen MR) is 71.9 cm³/mol.